The normalized spacial score (nSPS) is 15.2. The van der Waals surface area contributed by atoms with Crippen LogP contribution < -0.4 is 10.2 Å². The monoisotopic (exact) mass is 268 g/mol. The van der Waals surface area contributed by atoms with Gasteiger partial charge in [0.25, 0.3) is 0 Å². The average molecular weight is 268 g/mol. The van der Waals surface area contributed by atoms with Crippen molar-refractivity contribution in [2.24, 2.45) is 0 Å². The van der Waals surface area contributed by atoms with Crippen LogP contribution in [-0.4, -0.2) is 28.8 Å². The molecule has 3 rings (SSSR count). The number of carbonyl (C=O) groups excluding carboxylic acids is 1. The smallest absolute Gasteiger partial charge is 0.152 e. The molecule has 5 nitrogen and oxygen atoms in total. The number of benzene rings is 1. The molecule has 0 amide bonds. The summed E-state index contributed by atoms with van der Waals surface area (Å²) < 4.78 is 0. The van der Waals surface area contributed by atoms with Crippen LogP contribution in [0.4, 0.5) is 17.3 Å². The van der Waals surface area contributed by atoms with Gasteiger partial charge in [-0.1, -0.05) is 18.2 Å². The van der Waals surface area contributed by atoms with Crippen molar-refractivity contribution in [1.82, 2.24) is 9.97 Å². The highest BCUT2D eigenvalue weighted by Crippen LogP contribution is 2.20. The maximum absolute atomic E-state index is 11.5. The van der Waals surface area contributed by atoms with Crippen LogP contribution in [0.25, 0.3) is 0 Å². The molecule has 1 saturated heterocycles. The zero-order chi connectivity index (χ0) is 13.8. The minimum Gasteiger partial charge on any atom is -0.349 e. The molecule has 0 unspecified atom stereocenters. The van der Waals surface area contributed by atoms with E-state index < -0.39 is 0 Å². The minimum absolute atomic E-state index is 0.271. The van der Waals surface area contributed by atoms with E-state index in [0.717, 1.165) is 30.3 Å². The van der Waals surface area contributed by atoms with Gasteiger partial charge in [-0.2, -0.15) is 0 Å². The van der Waals surface area contributed by atoms with Crippen molar-refractivity contribution in [2.75, 3.05) is 23.3 Å². The van der Waals surface area contributed by atoms with Gasteiger partial charge in [0.05, 0.1) is 6.54 Å². The first-order chi connectivity index (χ1) is 9.81. The fraction of sp³-hybridized carbons (Fsp3) is 0.267. The van der Waals surface area contributed by atoms with Gasteiger partial charge in [0.2, 0.25) is 0 Å². The van der Waals surface area contributed by atoms with Gasteiger partial charge in [0, 0.05) is 24.7 Å². The molecule has 1 N–H and O–H groups in total. The fourth-order valence-corrected chi connectivity index (χ4v) is 2.29. The molecular weight excluding hydrogens is 252 g/mol. The Morgan fingerprint density at radius 2 is 2.00 bits per heavy atom. The number of piperidine rings is 1. The fourth-order valence-electron chi connectivity index (χ4n) is 2.29. The van der Waals surface area contributed by atoms with Gasteiger partial charge < -0.3 is 10.2 Å². The summed E-state index contributed by atoms with van der Waals surface area (Å²) in [6.07, 6.45) is 3.10. The lowest BCUT2D eigenvalue weighted by Crippen LogP contribution is -2.36. The Bertz CT molecular complexity index is 600. The third-order valence-corrected chi connectivity index (χ3v) is 3.27. The first kappa shape index (κ1) is 12.6. The van der Waals surface area contributed by atoms with E-state index in [9.17, 15) is 4.79 Å². The molecule has 5 heteroatoms. The number of ketones is 1. The maximum Gasteiger partial charge on any atom is 0.152 e. The van der Waals surface area contributed by atoms with Crippen LogP contribution in [0.5, 0.6) is 0 Å². The molecule has 20 heavy (non-hydrogen) atoms. The van der Waals surface area contributed by atoms with Crippen LogP contribution in [0.15, 0.2) is 42.7 Å². The highest BCUT2D eigenvalue weighted by Gasteiger charge is 2.18. The third kappa shape index (κ3) is 2.93. The molecule has 1 fully saturated rings. The summed E-state index contributed by atoms with van der Waals surface area (Å²) in [4.78, 5) is 22.0. The molecule has 0 spiro atoms. The molecule has 0 saturated carbocycles. The van der Waals surface area contributed by atoms with Gasteiger partial charge in [-0.25, -0.2) is 9.97 Å². The SMILES string of the molecule is O=C1CCCN(c2cc(Nc3ccccc3)ncn2)C1. The van der Waals surface area contributed by atoms with Crippen molar-refractivity contribution >= 4 is 23.1 Å². The van der Waals surface area contributed by atoms with E-state index in [1.165, 1.54) is 6.33 Å². The Morgan fingerprint density at radius 1 is 1.15 bits per heavy atom. The molecular formula is C15H16N4O. The molecule has 0 atom stereocenters. The summed E-state index contributed by atoms with van der Waals surface area (Å²) in [6, 6.07) is 11.7. The van der Waals surface area contributed by atoms with Gasteiger partial charge in [0.1, 0.15) is 18.0 Å². The Labute approximate surface area is 117 Å². The zero-order valence-electron chi connectivity index (χ0n) is 11.1. The molecule has 0 bridgehead atoms. The number of nitrogens with one attached hydrogen (secondary N) is 1. The summed E-state index contributed by atoms with van der Waals surface area (Å²) in [7, 11) is 0. The summed E-state index contributed by atoms with van der Waals surface area (Å²) >= 11 is 0. The van der Waals surface area contributed by atoms with Crippen molar-refractivity contribution in [3.05, 3.63) is 42.7 Å². The Kier molecular flexibility index (Phi) is 3.58. The van der Waals surface area contributed by atoms with E-state index in [1.807, 2.05) is 41.3 Å². The predicted octanol–water partition coefficient (Wildman–Crippen LogP) is 2.39. The van der Waals surface area contributed by atoms with Crippen molar-refractivity contribution in [2.45, 2.75) is 12.8 Å². The molecule has 1 aromatic carbocycles. The second kappa shape index (κ2) is 5.69. The molecule has 2 aromatic rings. The lowest BCUT2D eigenvalue weighted by atomic mass is 10.1. The summed E-state index contributed by atoms with van der Waals surface area (Å²) in [5, 5.41) is 3.23. The lowest BCUT2D eigenvalue weighted by molar-refractivity contribution is -0.118. The largest absolute Gasteiger partial charge is 0.349 e. The van der Waals surface area contributed by atoms with Crippen LogP contribution in [-0.2, 0) is 4.79 Å². The number of Topliss-reactive ketones (excluding diaryl/α,β-unsaturated/α-hetero) is 1. The molecule has 1 aliphatic rings. The zero-order valence-corrected chi connectivity index (χ0v) is 11.1. The van der Waals surface area contributed by atoms with Crippen molar-refractivity contribution in [3.8, 4) is 0 Å². The van der Waals surface area contributed by atoms with Crippen LogP contribution in [0, 0.1) is 0 Å². The van der Waals surface area contributed by atoms with Crippen LogP contribution in [0.1, 0.15) is 12.8 Å². The highest BCUT2D eigenvalue weighted by molar-refractivity contribution is 5.84. The third-order valence-electron chi connectivity index (χ3n) is 3.27. The van der Waals surface area contributed by atoms with Crippen molar-refractivity contribution < 1.29 is 4.79 Å². The summed E-state index contributed by atoms with van der Waals surface area (Å²) in [6.45, 7) is 1.31. The number of rotatable bonds is 3. The van der Waals surface area contributed by atoms with E-state index in [4.69, 9.17) is 0 Å². The number of anilines is 3. The van der Waals surface area contributed by atoms with Crippen molar-refractivity contribution in [3.63, 3.8) is 0 Å². The number of hydrogen-bond donors (Lipinski definition) is 1. The van der Waals surface area contributed by atoms with E-state index in [2.05, 4.69) is 15.3 Å². The molecule has 0 aliphatic carbocycles. The van der Waals surface area contributed by atoms with Crippen LogP contribution in [0.3, 0.4) is 0 Å². The van der Waals surface area contributed by atoms with E-state index >= 15 is 0 Å². The van der Waals surface area contributed by atoms with Crippen LogP contribution >= 0.6 is 0 Å². The minimum atomic E-state index is 0.271. The predicted molar refractivity (Wildman–Crippen MR) is 78.2 cm³/mol. The van der Waals surface area contributed by atoms with Crippen molar-refractivity contribution in [1.29, 1.82) is 0 Å². The molecule has 1 aliphatic heterocycles. The summed E-state index contributed by atoms with van der Waals surface area (Å²) in [5.74, 6) is 1.80. The van der Waals surface area contributed by atoms with Gasteiger partial charge in [-0.3, -0.25) is 4.79 Å². The lowest BCUT2D eigenvalue weighted by Gasteiger charge is -2.26. The molecule has 1 aromatic heterocycles. The quantitative estimate of drug-likeness (QED) is 0.926. The standard InChI is InChI=1S/C15H16N4O/c20-13-7-4-8-19(10-13)15-9-14(16-11-17-15)18-12-5-2-1-3-6-12/h1-3,5-6,9,11H,4,7-8,10H2,(H,16,17,18). The average Bonchev–Trinajstić information content (AvgIpc) is 2.49. The number of para-hydroxylation sites is 1. The second-order valence-corrected chi connectivity index (χ2v) is 4.82. The van der Waals surface area contributed by atoms with E-state index in [0.29, 0.717) is 13.0 Å². The number of nitrogens with zero attached hydrogens (tertiary/aromatic N) is 3. The van der Waals surface area contributed by atoms with E-state index in [-0.39, 0.29) is 5.78 Å². The highest BCUT2D eigenvalue weighted by atomic mass is 16.1. The number of hydrogen-bond acceptors (Lipinski definition) is 5. The second-order valence-electron chi connectivity index (χ2n) is 4.82. The first-order valence-electron chi connectivity index (χ1n) is 6.72. The van der Waals surface area contributed by atoms with Gasteiger partial charge in [-0.05, 0) is 18.6 Å². The number of aromatic nitrogens is 2. The Morgan fingerprint density at radius 3 is 2.80 bits per heavy atom. The van der Waals surface area contributed by atoms with E-state index in [1.54, 1.807) is 0 Å². The Balaban J connectivity index is 1.77. The van der Waals surface area contributed by atoms with Crippen LogP contribution in [0.2, 0.25) is 0 Å². The molecule has 2 heterocycles. The number of carbonyl (C=O) groups is 1. The Hall–Kier alpha value is -2.43. The molecule has 0 radical (unpaired) electrons. The first-order valence-corrected chi connectivity index (χ1v) is 6.72. The van der Waals surface area contributed by atoms with Gasteiger partial charge in [0.15, 0.2) is 5.78 Å². The topological polar surface area (TPSA) is 58.1 Å². The van der Waals surface area contributed by atoms with Gasteiger partial charge in [-0.15, -0.1) is 0 Å². The molecule has 102 valence electrons. The van der Waals surface area contributed by atoms with Gasteiger partial charge >= 0.3 is 0 Å². The summed E-state index contributed by atoms with van der Waals surface area (Å²) in [5.41, 5.74) is 0.979. The maximum atomic E-state index is 11.5.